The highest BCUT2D eigenvalue weighted by molar-refractivity contribution is 5.96. The Balaban J connectivity index is 1.96. The van der Waals surface area contributed by atoms with E-state index in [-0.39, 0.29) is 0 Å². The summed E-state index contributed by atoms with van der Waals surface area (Å²) in [6, 6.07) is 7.94. The van der Waals surface area contributed by atoms with Crippen molar-refractivity contribution in [3.05, 3.63) is 35.4 Å². The number of hydrogen-bond donors (Lipinski definition) is 1. The van der Waals surface area contributed by atoms with E-state index < -0.39 is 0 Å². The van der Waals surface area contributed by atoms with E-state index in [1.807, 2.05) is 31.2 Å². The van der Waals surface area contributed by atoms with Crippen LogP contribution in [0, 0.1) is 12.8 Å². The number of nitrogens with one attached hydrogen (secondary N) is 1. The highest BCUT2D eigenvalue weighted by Gasteiger charge is 2.16. The van der Waals surface area contributed by atoms with E-state index in [4.69, 9.17) is 0 Å². The lowest BCUT2D eigenvalue weighted by Crippen LogP contribution is -2.15. The van der Waals surface area contributed by atoms with Crippen molar-refractivity contribution in [2.75, 3.05) is 13.1 Å². The molecule has 1 fully saturated rings. The van der Waals surface area contributed by atoms with Gasteiger partial charge in [-0.1, -0.05) is 23.8 Å². The normalized spacial score (nSPS) is 20.9. The van der Waals surface area contributed by atoms with Crippen molar-refractivity contribution < 1.29 is 4.79 Å². The van der Waals surface area contributed by atoms with E-state index in [2.05, 4.69) is 5.32 Å². The molecule has 1 unspecified atom stereocenters. The van der Waals surface area contributed by atoms with Crippen LogP contribution in [0.3, 0.4) is 0 Å². The van der Waals surface area contributed by atoms with Crippen molar-refractivity contribution in [1.82, 2.24) is 5.32 Å². The highest BCUT2D eigenvalue weighted by atomic mass is 16.1. The Kier molecular flexibility index (Phi) is 4.32. The second-order valence-electron chi connectivity index (χ2n) is 5.04. The van der Waals surface area contributed by atoms with Gasteiger partial charge in [0.2, 0.25) is 0 Å². The molecule has 17 heavy (non-hydrogen) atoms. The van der Waals surface area contributed by atoms with Crippen LogP contribution in [0.5, 0.6) is 0 Å². The first-order chi connectivity index (χ1) is 8.25. The van der Waals surface area contributed by atoms with Crippen molar-refractivity contribution in [2.24, 2.45) is 5.92 Å². The minimum Gasteiger partial charge on any atom is -0.317 e. The van der Waals surface area contributed by atoms with E-state index in [0.717, 1.165) is 25.1 Å². The van der Waals surface area contributed by atoms with Crippen LogP contribution in [0.2, 0.25) is 0 Å². The Morgan fingerprint density at radius 2 is 2.24 bits per heavy atom. The molecule has 1 aliphatic heterocycles. The molecule has 0 radical (unpaired) electrons. The Labute approximate surface area is 103 Å². The molecule has 0 aliphatic carbocycles. The minimum atomic E-state index is 0.306. The summed E-state index contributed by atoms with van der Waals surface area (Å²) in [5.74, 6) is 0.874. The summed E-state index contributed by atoms with van der Waals surface area (Å²) in [7, 11) is 0. The Morgan fingerprint density at radius 3 is 3.06 bits per heavy atom. The third-order valence-corrected chi connectivity index (χ3v) is 3.51. The van der Waals surface area contributed by atoms with Crippen molar-refractivity contribution in [3.8, 4) is 0 Å². The minimum absolute atomic E-state index is 0.306. The molecule has 0 saturated carbocycles. The first kappa shape index (κ1) is 12.3. The standard InChI is InChI=1S/C15H21NO/c1-12-4-2-6-14(10-12)15(17)11-13-5-3-8-16-9-7-13/h2,4,6,10,13,16H,3,5,7-9,11H2,1H3. The summed E-state index contributed by atoms with van der Waals surface area (Å²) in [4.78, 5) is 12.2. The van der Waals surface area contributed by atoms with E-state index in [9.17, 15) is 4.79 Å². The van der Waals surface area contributed by atoms with Gasteiger partial charge >= 0.3 is 0 Å². The first-order valence-corrected chi connectivity index (χ1v) is 6.56. The van der Waals surface area contributed by atoms with Gasteiger partial charge in [-0.25, -0.2) is 0 Å². The Morgan fingerprint density at radius 1 is 1.35 bits per heavy atom. The molecule has 0 spiro atoms. The first-order valence-electron chi connectivity index (χ1n) is 6.56. The van der Waals surface area contributed by atoms with Gasteiger partial charge in [-0.05, 0) is 51.3 Å². The molecule has 0 amide bonds. The number of carbonyl (C=O) groups is 1. The zero-order valence-electron chi connectivity index (χ0n) is 10.5. The van der Waals surface area contributed by atoms with Gasteiger partial charge in [-0.15, -0.1) is 0 Å². The quantitative estimate of drug-likeness (QED) is 0.810. The monoisotopic (exact) mass is 231 g/mol. The van der Waals surface area contributed by atoms with E-state index in [1.54, 1.807) is 0 Å². The van der Waals surface area contributed by atoms with Crippen LogP contribution in [0.25, 0.3) is 0 Å². The summed E-state index contributed by atoms with van der Waals surface area (Å²) < 4.78 is 0. The Bertz CT molecular complexity index is 378. The van der Waals surface area contributed by atoms with Crippen LogP contribution < -0.4 is 5.32 Å². The fourth-order valence-corrected chi connectivity index (χ4v) is 2.49. The molecule has 1 heterocycles. The molecular formula is C15H21NO. The molecule has 2 heteroatoms. The van der Waals surface area contributed by atoms with Gasteiger partial charge < -0.3 is 5.32 Å². The molecule has 92 valence electrons. The van der Waals surface area contributed by atoms with Gasteiger partial charge in [0.25, 0.3) is 0 Å². The van der Waals surface area contributed by atoms with Gasteiger partial charge in [0, 0.05) is 12.0 Å². The van der Waals surface area contributed by atoms with Crippen LogP contribution in [0.4, 0.5) is 0 Å². The second-order valence-corrected chi connectivity index (χ2v) is 5.04. The average Bonchev–Trinajstić information content (AvgIpc) is 2.57. The molecule has 0 aromatic heterocycles. The van der Waals surface area contributed by atoms with Crippen LogP contribution in [-0.4, -0.2) is 18.9 Å². The molecule has 1 aliphatic rings. The molecule has 1 aromatic rings. The van der Waals surface area contributed by atoms with E-state index >= 15 is 0 Å². The van der Waals surface area contributed by atoms with Gasteiger partial charge in [0.15, 0.2) is 5.78 Å². The third-order valence-electron chi connectivity index (χ3n) is 3.51. The molecule has 1 atom stereocenters. The Hall–Kier alpha value is -1.15. The SMILES string of the molecule is Cc1cccc(C(=O)CC2CCCNCC2)c1. The van der Waals surface area contributed by atoms with Crippen molar-refractivity contribution >= 4 is 5.78 Å². The number of rotatable bonds is 3. The zero-order chi connectivity index (χ0) is 12.1. The molecule has 1 saturated heterocycles. The summed E-state index contributed by atoms with van der Waals surface area (Å²) in [5.41, 5.74) is 2.04. The fraction of sp³-hybridized carbons (Fsp3) is 0.533. The van der Waals surface area contributed by atoms with Crippen molar-refractivity contribution in [1.29, 1.82) is 0 Å². The average molecular weight is 231 g/mol. The predicted octanol–water partition coefficient (Wildman–Crippen LogP) is 2.96. The van der Waals surface area contributed by atoms with Crippen molar-refractivity contribution in [3.63, 3.8) is 0 Å². The van der Waals surface area contributed by atoms with Crippen LogP contribution >= 0.6 is 0 Å². The summed E-state index contributed by atoms with van der Waals surface area (Å²) >= 11 is 0. The zero-order valence-corrected chi connectivity index (χ0v) is 10.5. The van der Waals surface area contributed by atoms with Gasteiger partial charge in [-0.3, -0.25) is 4.79 Å². The summed E-state index contributed by atoms with van der Waals surface area (Å²) in [6.45, 7) is 4.20. The summed E-state index contributed by atoms with van der Waals surface area (Å²) in [5, 5.41) is 3.39. The smallest absolute Gasteiger partial charge is 0.163 e. The maximum atomic E-state index is 12.2. The molecule has 0 bridgehead atoms. The number of Topliss-reactive ketones (excluding diaryl/α,β-unsaturated/α-hetero) is 1. The lowest BCUT2D eigenvalue weighted by atomic mass is 9.92. The lowest BCUT2D eigenvalue weighted by molar-refractivity contribution is 0.0957. The molecule has 2 nitrogen and oxygen atoms in total. The topological polar surface area (TPSA) is 29.1 Å². The maximum absolute atomic E-state index is 12.2. The molecule has 2 rings (SSSR count). The van der Waals surface area contributed by atoms with Crippen LogP contribution in [0.1, 0.15) is 41.6 Å². The maximum Gasteiger partial charge on any atom is 0.163 e. The number of ketones is 1. The van der Waals surface area contributed by atoms with Gasteiger partial charge in [-0.2, -0.15) is 0 Å². The van der Waals surface area contributed by atoms with Crippen LogP contribution in [-0.2, 0) is 0 Å². The van der Waals surface area contributed by atoms with Gasteiger partial charge in [0.05, 0.1) is 0 Å². The van der Waals surface area contributed by atoms with Crippen molar-refractivity contribution in [2.45, 2.75) is 32.6 Å². The van der Waals surface area contributed by atoms with Crippen LogP contribution in [0.15, 0.2) is 24.3 Å². The lowest BCUT2D eigenvalue weighted by Gasteiger charge is -2.12. The molecular weight excluding hydrogens is 210 g/mol. The van der Waals surface area contributed by atoms with E-state index in [1.165, 1.54) is 18.4 Å². The predicted molar refractivity (Wildman–Crippen MR) is 70.3 cm³/mol. The van der Waals surface area contributed by atoms with E-state index in [0.29, 0.717) is 18.1 Å². The summed E-state index contributed by atoms with van der Waals surface area (Å²) in [6.07, 6.45) is 4.24. The third kappa shape index (κ3) is 3.67. The number of aryl methyl sites for hydroxylation is 1. The highest BCUT2D eigenvalue weighted by Crippen LogP contribution is 2.20. The fourth-order valence-electron chi connectivity index (χ4n) is 2.49. The largest absolute Gasteiger partial charge is 0.317 e. The second kappa shape index (κ2) is 5.97. The van der Waals surface area contributed by atoms with Gasteiger partial charge in [0.1, 0.15) is 0 Å². The number of benzene rings is 1. The molecule has 1 aromatic carbocycles. The molecule has 1 N–H and O–H groups in total. The number of carbonyl (C=O) groups excluding carboxylic acids is 1. The number of hydrogen-bond acceptors (Lipinski definition) is 2.